The molecule has 2 aliphatic heterocycles. The minimum absolute atomic E-state index is 0.0332. The molecule has 4 rings (SSSR count). The number of carbonyl (C=O) groups is 2. The Labute approximate surface area is 141 Å². The molecule has 1 amide bonds. The van der Waals surface area contributed by atoms with Crippen LogP contribution in [-0.2, 0) is 9.59 Å². The summed E-state index contributed by atoms with van der Waals surface area (Å²) in [4.78, 5) is 31.7. The second-order valence-corrected chi connectivity index (χ2v) is 7.66. The predicted octanol–water partition coefficient (Wildman–Crippen LogP) is 1.36. The lowest BCUT2D eigenvalue weighted by molar-refractivity contribution is -0.163. The number of carbonyl (C=O) groups excluding carboxylic acids is 1. The number of hydrogen-bond acceptors (Lipinski definition) is 5. The summed E-state index contributed by atoms with van der Waals surface area (Å²) in [6, 6.07) is -0.309. The summed E-state index contributed by atoms with van der Waals surface area (Å²) < 4.78 is 1.88. The third-order valence-electron chi connectivity index (χ3n) is 5.07. The van der Waals surface area contributed by atoms with E-state index in [-0.39, 0.29) is 23.6 Å². The van der Waals surface area contributed by atoms with Crippen molar-refractivity contribution in [3.05, 3.63) is 28.8 Å². The van der Waals surface area contributed by atoms with Crippen molar-refractivity contribution in [3.8, 4) is 0 Å². The van der Waals surface area contributed by atoms with Crippen LogP contribution in [0.4, 0.5) is 0 Å². The number of rotatable bonds is 3. The molecule has 0 aromatic carbocycles. The van der Waals surface area contributed by atoms with Gasteiger partial charge in [0.2, 0.25) is 5.91 Å². The Hall–Kier alpha value is -2.19. The van der Waals surface area contributed by atoms with Crippen LogP contribution in [0.2, 0.25) is 0 Å². The molecule has 0 spiro atoms. The highest BCUT2D eigenvalue weighted by Crippen LogP contribution is 2.51. The lowest BCUT2D eigenvalue weighted by atomic mass is 9.77. The van der Waals surface area contributed by atoms with Crippen LogP contribution in [-0.4, -0.2) is 48.5 Å². The van der Waals surface area contributed by atoms with Crippen LogP contribution < -0.4 is 0 Å². The van der Waals surface area contributed by atoms with Crippen LogP contribution in [0.1, 0.15) is 24.4 Å². The third kappa shape index (κ3) is 1.72. The van der Waals surface area contributed by atoms with Gasteiger partial charge in [-0.25, -0.2) is 9.78 Å². The van der Waals surface area contributed by atoms with Gasteiger partial charge < -0.3 is 15.1 Å². The fraction of sp³-hybridized carbons (Fsp3) is 0.438. The summed E-state index contributed by atoms with van der Waals surface area (Å²) in [5, 5.41) is 19.7. The van der Waals surface area contributed by atoms with Crippen LogP contribution >= 0.6 is 11.3 Å². The molecule has 2 N–H and O–H groups in total. The molecular formula is C16H17N3O4S. The summed E-state index contributed by atoms with van der Waals surface area (Å²) in [5.41, 5.74) is 1.47. The Morgan fingerprint density at radius 1 is 1.46 bits per heavy atom. The Balaban J connectivity index is 1.94. The van der Waals surface area contributed by atoms with Crippen molar-refractivity contribution in [2.24, 2.45) is 11.8 Å². The summed E-state index contributed by atoms with van der Waals surface area (Å²) in [6.45, 7) is 5.44. The Bertz CT molecular complexity index is 910. The van der Waals surface area contributed by atoms with E-state index in [0.29, 0.717) is 5.57 Å². The quantitative estimate of drug-likeness (QED) is 0.818. The zero-order chi connectivity index (χ0) is 17.3. The van der Waals surface area contributed by atoms with Crippen molar-refractivity contribution in [1.82, 2.24) is 14.3 Å². The fourth-order valence-electron chi connectivity index (χ4n) is 4.10. The van der Waals surface area contributed by atoms with Gasteiger partial charge in [0.25, 0.3) is 0 Å². The van der Waals surface area contributed by atoms with E-state index in [1.165, 1.54) is 16.2 Å². The third-order valence-corrected chi connectivity index (χ3v) is 6.08. The molecule has 24 heavy (non-hydrogen) atoms. The van der Waals surface area contributed by atoms with Gasteiger partial charge in [0.1, 0.15) is 16.9 Å². The van der Waals surface area contributed by atoms with E-state index in [4.69, 9.17) is 0 Å². The topological polar surface area (TPSA) is 95.1 Å². The summed E-state index contributed by atoms with van der Waals surface area (Å²) >= 11 is 1.54. The number of thiazole rings is 1. The molecule has 2 aromatic rings. The predicted molar refractivity (Wildman–Crippen MR) is 87.3 cm³/mol. The molecule has 0 saturated carbocycles. The van der Waals surface area contributed by atoms with E-state index in [1.54, 1.807) is 19.4 Å². The van der Waals surface area contributed by atoms with E-state index in [2.05, 4.69) is 4.98 Å². The molecule has 4 atom stereocenters. The fourth-order valence-corrected chi connectivity index (χ4v) is 5.07. The molecular weight excluding hydrogens is 330 g/mol. The Morgan fingerprint density at radius 2 is 2.17 bits per heavy atom. The average Bonchev–Trinajstić information content (AvgIpc) is 3.10. The molecule has 0 bridgehead atoms. The number of aliphatic carboxylic acids is 1. The molecule has 8 heteroatoms. The molecule has 4 heterocycles. The van der Waals surface area contributed by atoms with Gasteiger partial charge in [-0.3, -0.25) is 9.20 Å². The van der Waals surface area contributed by atoms with Crippen molar-refractivity contribution >= 4 is 33.6 Å². The molecule has 126 valence electrons. The van der Waals surface area contributed by atoms with E-state index >= 15 is 0 Å². The van der Waals surface area contributed by atoms with E-state index in [0.717, 1.165) is 15.4 Å². The Morgan fingerprint density at radius 3 is 2.79 bits per heavy atom. The normalized spacial score (nSPS) is 27.6. The van der Waals surface area contributed by atoms with Crippen molar-refractivity contribution in [2.45, 2.75) is 32.9 Å². The number of nitrogens with zero attached hydrogens (tertiary/aromatic N) is 3. The van der Waals surface area contributed by atoms with Crippen LogP contribution in [0.15, 0.2) is 18.2 Å². The first-order valence-corrected chi connectivity index (χ1v) is 8.56. The maximum atomic E-state index is 12.4. The number of fused-ring (bicyclic) bond motifs is 2. The van der Waals surface area contributed by atoms with Gasteiger partial charge in [0.05, 0.1) is 30.0 Å². The Kier molecular flexibility index (Phi) is 3.14. The van der Waals surface area contributed by atoms with Crippen LogP contribution in [0.5, 0.6) is 0 Å². The standard InChI is InChI=1S/C16H17N3O4S/c1-6-10(13-8(3)24-9-4-17-5-18(9)13)14(16(22)23)19-12(6)11(7(2)20)15(19)21/h4-7,11-12,20H,1-3H3,(H,22,23)/t6-,7+,11+,12+/m0/s1. The van der Waals surface area contributed by atoms with Gasteiger partial charge in [-0.1, -0.05) is 6.92 Å². The number of carboxylic acids is 1. The van der Waals surface area contributed by atoms with Crippen LogP contribution in [0.3, 0.4) is 0 Å². The molecule has 1 fully saturated rings. The largest absolute Gasteiger partial charge is 0.477 e. The number of β-lactam (4-membered cyclic amide) rings is 1. The SMILES string of the molecule is Cc1sc2cncn2c1C1=C(C(=O)O)N2C(=O)[C@H]([C@@H](C)O)[C@H]2[C@H]1C. The average molecular weight is 347 g/mol. The number of imidazole rings is 1. The summed E-state index contributed by atoms with van der Waals surface area (Å²) in [6.07, 6.45) is 2.60. The number of amides is 1. The van der Waals surface area contributed by atoms with Gasteiger partial charge in [-0.15, -0.1) is 11.3 Å². The lowest BCUT2D eigenvalue weighted by Gasteiger charge is -2.46. The van der Waals surface area contributed by atoms with Crippen LogP contribution in [0.25, 0.3) is 10.4 Å². The van der Waals surface area contributed by atoms with Gasteiger partial charge in [0.15, 0.2) is 0 Å². The number of aryl methyl sites for hydroxylation is 1. The van der Waals surface area contributed by atoms with Crippen LogP contribution in [0, 0.1) is 18.8 Å². The molecule has 2 aromatic heterocycles. The maximum absolute atomic E-state index is 12.4. The lowest BCUT2D eigenvalue weighted by Crippen LogP contribution is -2.63. The first kappa shape index (κ1) is 15.3. The number of aromatic nitrogens is 2. The van der Waals surface area contributed by atoms with E-state index < -0.39 is 18.0 Å². The summed E-state index contributed by atoms with van der Waals surface area (Å²) in [7, 11) is 0. The summed E-state index contributed by atoms with van der Waals surface area (Å²) in [5.74, 6) is -2.16. The van der Waals surface area contributed by atoms with Gasteiger partial charge in [0, 0.05) is 16.4 Å². The number of aliphatic hydroxyl groups is 1. The van der Waals surface area contributed by atoms with Crippen molar-refractivity contribution in [1.29, 1.82) is 0 Å². The highest BCUT2D eigenvalue weighted by molar-refractivity contribution is 7.17. The smallest absolute Gasteiger partial charge is 0.352 e. The first-order chi connectivity index (χ1) is 11.3. The van der Waals surface area contributed by atoms with Gasteiger partial charge >= 0.3 is 5.97 Å². The second-order valence-electron chi connectivity index (χ2n) is 6.43. The maximum Gasteiger partial charge on any atom is 0.352 e. The second kappa shape index (κ2) is 4.90. The van der Waals surface area contributed by atoms with Gasteiger partial charge in [-0.05, 0) is 13.8 Å². The molecule has 0 radical (unpaired) electrons. The first-order valence-electron chi connectivity index (χ1n) is 7.75. The van der Waals surface area contributed by atoms with Crippen molar-refractivity contribution in [2.75, 3.05) is 0 Å². The van der Waals surface area contributed by atoms with E-state index in [9.17, 15) is 19.8 Å². The zero-order valence-electron chi connectivity index (χ0n) is 13.4. The van der Waals surface area contributed by atoms with Crippen molar-refractivity contribution in [3.63, 3.8) is 0 Å². The monoisotopic (exact) mass is 347 g/mol. The van der Waals surface area contributed by atoms with Gasteiger partial charge in [-0.2, -0.15) is 0 Å². The van der Waals surface area contributed by atoms with E-state index in [1.807, 2.05) is 18.2 Å². The molecule has 1 saturated heterocycles. The molecule has 2 aliphatic rings. The molecule has 0 aliphatic carbocycles. The number of carboxylic acid groups (broad SMARTS) is 1. The number of aliphatic hydroxyl groups excluding tert-OH is 1. The minimum Gasteiger partial charge on any atom is -0.477 e. The molecule has 0 unspecified atom stereocenters. The highest BCUT2D eigenvalue weighted by atomic mass is 32.1. The highest BCUT2D eigenvalue weighted by Gasteiger charge is 2.60. The zero-order valence-corrected chi connectivity index (χ0v) is 14.2. The molecule has 7 nitrogen and oxygen atoms in total. The minimum atomic E-state index is -1.12. The van der Waals surface area contributed by atoms with Crippen molar-refractivity contribution < 1.29 is 19.8 Å². The number of hydrogen-bond donors (Lipinski definition) is 2.